The Labute approximate surface area is 154 Å². The molecular formula is C22H24N2O2. The van der Waals surface area contributed by atoms with Crippen LogP contribution in [0.5, 0.6) is 0 Å². The van der Waals surface area contributed by atoms with E-state index in [0.717, 1.165) is 0 Å². The van der Waals surface area contributed by atoms with Crippen LogP contribution in [0.4, 0.5) is 0 Å². The number of nitrogens with zero attached hydrogens (tertiary/aromatic N) is 2. The smallest absolute Gasteiger partial charge is 0.254 e. The first-order chi connectivity index (χ1) is 12.5. The number of rotatable bonds is 4. The van der Waals surface area contributed by atoms with Crippen molar-refractivity contribution in [3.8, 4) is 0 Å². The van der Waals surface area contributed by atoms with E-state index in [1.165, 1.54) is 0 Å². The van der Waals surface area contributed by atoms with E-state index in [1.807, 2.05) is 83.5 Å². The van der Waals surface area contributed by atoms with Gasteiger partial charge in [-0.05, 0) is 37.6 Å². The summed E-state index contributed by atoms with van der Waals surface area (Å²) in [5, 5.41) is 0. The normalized spacial score (nSPS) is 19.9. The fourth-order valence-corrected chi connectivity index (χ4v) is 3.57. The minimum absolute atomic E-state index is 0.00163. The van der Waals surface area contributed by atoms with Gasteiger partial charge in [0, 0.05) is 30.8 Å². The van der Waals surface area contributed by atoms with Crippen molar-refractivity contribution in [1.82, 2.24) is 9.80 Å². The molecule has 134 valence electrons. The molecule has 0 bridgehead atoms. The van der Waals surface area contributed by atoms with Crippen LogP contribution in [0, 0.1) is 0 Å². The van der Waals surface area contributed by atoms with Gasteiger partial charge in [-0.3, -0.25) is 9.59 Å². The second kappa shape index (κ2) is 7.56. The molecule has 0 N–H and O–H groups in total. The SMILES string of the molecule is C=CCC1(C)CN(C(=O)c2ccccc2)CCN1C(=O)c1ccccc1. The Bertz CT molecular complexity index is 788. The van der Waals surface area contributed by atoms with Crippen molar-refractivity contribution in [1.29, 1.82) is 0 Å². The van der Waals surface area contributed by atoms with Gasteiger partial charge in [0.1, 0.15) is 0 Å². The molecular weight excluding hydrogens is 324 g/mol. The summed E-state index contributed by atoms with van der Waals surface area (Å²) in [5.41, 5.74) is 0.874. The molecule has 1 aliphatic heterocycles. The summed E-state index contributed by atoms with van der Waals surface area (Å²) >= 11 is 0. The van der Waals surface area contributed by atoms with Gasteiger partial charge >= 0.3 is 0 Å². The first-order valence-electron chi connectivity index (χ1n) is 8.87. The first-order valence-corrected chi connectivity index (χ1v) is 8.87. The maximum atomic E-state index is 13.0. The van der Waals surface area contributed by atoms with Crippen LogP contribution < -0.4 is 0 Å². The summed E-state index contributed by atoms with van der Waals surface area (Å²) in [6.45, 7) is 7.41. The number of piperazine rings is 1. The van der Waals surface area contributed by atoms with Crippen molar-refractivity contribution in [3.05, 3.63) is 84.4 Å². The molecule has 26 heavy (non-hydrogen) atoms. The van der Waals surface area contributed by atoms with Gasteiger partial charge in [-0.25, -0.2) is 0 Å². The van der Waals surface area contributed by atoms with E-state index in [0.29, 0.717) is 37.2 Å². The van der Waals surface area contributed by atoms with Crippen molar-refractivity contribution in [3.63, 3.8) is 0 Å². The molecule has 0 radical (unpaired) electrons. The summed E-state index contributed by atoms with van der Waals surface area (Å²) < 4.78 is 0. The molecule has 1 saturated heterocycles. The van der Waals surface area contributed by atoms with Gasteiger partial charge in [0.15, 0.2) is 0 Å². The lowest BCUT2D eigenvalue weighted by Crippen LogP contribution is -2.63. The van der Waals surface area contributed by atoms with Gasteiger partial charge in [0.05, 0.1) is 5.54 Å². The predicted octanol–water partition coefficient (Wildman–Crippen LogP) is 3.62. The zero-order valence-electron chi connectivity index (χ0n) is 15.1. The van der Waals surface area contributed by atoms with Crippen LogP contribution in [-0.4, -0.2) is 46.8 Å². The number of hydrogen-bond donors (Lipinski definition) is 0. The Hall–Kier alpha value is -2.88. The van der Waals surface area contributed by atoms with Crippen LogP contribution in [-0.2, 0) is 0 Å². The maximum Gasteiger partial charge on any atom is 0.254 e. The van der Waals surface area contributed by atoms with Gasteiger partial charge in [-0.1, -0.05) is 42.5 Å². The Morgan fingerprint density at radius 2 is 1.50 bits per heavy atom. The van der Waals surface area contributed by atoms with Crippen molar-refractivity contribution >= 4 is 11.8 Å². The maximum absolute atomic E-state index is 13.0. The lowest BCUT2D eigenvalue weighted by Gasteiger charge is -2.49. The third kappa shape index (κ3) is 3.54. The number of amides is 2. The van der Waals surface area contributed by atoms with Crippen molar-refractivity contribution < 1.29 is 9.59 Å². The van der Waals surface area contributed by atoms with E-state index in [1.54, 1.807) is 0 Å². The molecule has 2 aromatic rings. The fourth-order valence-electron chi connectivity index (χ4n) is 3.57. The largest absolute Gasteiger partial charge is 0.335 e. The number of benzene rings is 2. The minimum atomic E-state index is -0.475. The lowest BCUT2D eigenvalue weighted by atomic mass is 9.90. The van der Waals surface area contributed by atoms with E-state index in [-0.39, 0.29) is 11.8 Å². The van der Waals surface area contributed by atoms with E-state index in [9.17, 15) is 9.59 Å². The summed E-state index contributed by atoms with van der Waals surface area (Å²) in [6, 6.07) is 18.6. The fraction of sp³-hybridized carbons (Fsp3) is 0.273. The molecule has 2 amide bonds. The molecule has 0 saturated carbocycles. The average Bonchev–Trinajstić information content (AvgIpc) is 2.68. The minimum Gasteiger partial charge on any atom is -0.335 e. The van der Waals surface area contributed by atoms with Crippen LogP contribution in [0.25, 0.3) is 0 Å². The van der Waals surface area contributed by atoms with Gasteiger partial charge in [-0.15, -0.1) is 6.58 Å². The Morgan fingerprint density at radius 1 is 0.962 bits per heavy atom. The second-order valence-electron chi connectivity index (χ2n) is 6.91. The molecule has 1 aliphatic rings. The zero-order valence-corrected chi connectivity index (χ0v) is 15.1. The van der Waals surface area contributed by atoms with Crippen LogP contribution in [0.3, 0.4) is 0 Å². The van der Waals surface area contributed by atoms with Crippen LogP contribution in [0.15, 0.2) is 73.3 Å². The highest BCUT2D eigenvalue weighted by molar-refractivity contribution is 5.96. The van der Waals surface area contributed by atoms with E-state index < -0.39 is 5.54 Å². The Balaban J connectivity index is 1.83. The van der Waals surface area contributed by atoms with Gasteiger partial charge < -0.3 is 9.80 Å². The predicted molar refractivity (Wildman–Crippen MR) is 103 cm³/mol. The van der Waals surface area contributed by atoms with E-state index in [4.69, 9.17) is 0 Å². The summed E-state index contributed by atoms with van der Waals surface area (Å²) in [4.78, 5) is 29.6. The molecule has 0 aromatic heterocycles. The molecule has 0 spiro atoms. The zero-order chi connectivity index (χ0) is 18.6. The molecule has 1 atom stereocenters. The summed E-state index contributed by atoms with van der Waals surface area (Å²) in [6.07, 6.45) is 2.45. The number of carbonyl (C=O) groups is 2. The van der Waals surface area contributed by atoms with Crippen molar-refractivity contribution in [2.75, 3.05) is 19.6 Å². The van der Waals surface area contributed by atoms with Crippen LogP contribution in [0.1, 0.15) is 34.1 Å². The number of carbonyl (C=O) groups excluding carboxylic acids is 2. The molecule has 1 fully saturated rings. The molecule has 3 rings (SSSR count). The van der Waals surface area contributed by atoms with E-state index >= 15 is 0 Å². The first kappa shape index (κ1) is 17.9. The Kier molecular flexibility index (Phi) is 5.21. The highest BCUT2D eigenvalue weighted by Crippen LogP contribution is 2.28. The van der Waals surface area contributed by atoms with Gasteiger partial charge in [0.25, 0.3) is 11.8 Å². The molecule has 2 aromatic carbocycles. The van der Waals surface area contributed by atoms with Crippen LogP contribution >= 0.6 is 0 Å². The lowest BCUT2D eigenvalue weighted by molar-refractivity contribution is 0.0116. The number of hydrogen-bond acceptors (Lipinski definition) is 2. The van der Waals surface area contributed by atoms with Crippen LogP contribution in [0.2, 0.25) is 0 Å². The third-order valence-corrected chi connectivity index (χ3v) is 4.93. The summed E-state index contributed by atoms with van der Waals surface area (Å²) in [5.74, 6) is 0.00876. The van der Waals surface area contributed by atoms with Crippen molar-refractivity contribution in [2.24, 2.45) is 0 Å². The average molecular weight is 348 g/mol. The topological polar surface area (TPSA) is 40.6 Å². The standard InChI is InChI=1S/C22H24N2O2/c1-3-14-22(2)17-23(20(25)18-10-6-4-7-11-18)15-16-24(22)21(26)19-12-8-5-9-13-19/h3-13H,1,14-17H2,2H3. The van der Waals surface area contributed by atoms with E-state index in [2.05, 4.69) is 6.58 Å². The van der Waals surface area contributed by atoms with Crippen molar-refractivity contribution in [2.45, 2.75) is 18.9 Å². The Morgan fingerprint density at radius 3 is 2.04 bits per heavy atom. The molecule has 4 nitrogen and oxygen atoms in total. The monoisotopic (exact) mass is 348 g/mol. The summed E-state index contributed by atoms with van der Waals surface area (Å²) in [7, 11) is 0. The molecule has 0 aliphatic carbocycles. The highest BCUT2D eigenvalue weighted by atomic mass is 16.2. The van der Waals surface area contributed by atoms with Gasteiger partial charge in [-0.2, -0.15) is 0 Å². The third-order valence-electron chi connectivity index (χ3n) is 4.93. The highest BCUT2D eigenvalue weighted by Gasteiger charge is 2.41. The molecule has 1 unspecified atom stereocenters. The molecule has 4 heteroatoms. The molecule has 1 heterocycles. The second-order valence-corrected chi connectivity index (χ2v) is 6.91. The quantitative estimate of drug-likeness (QED) is 0.792. The van der Waals surface area contributed by atoms with Gasteiger partial charge in [0.2, 0.25) is 0 Å².